The highest BCUT2D eigenvalue weighted by atomic mass is 35.5. The average molecular weight is 315 g/mol. The van der Waals surface area contributed by atoms with E-state index < -0.39 is 5.97 Å². The first-order valence-corrected chi connectivity index (χ1v) is 6.68. The van der Waals surface area contributed by atoms with Gasteiger partial charge >= 0.3 is 5.97 Å². The maximum atomic E-state index is 11.8. The second-order valence-electron chi connectivity index (χ2n) is 5.21. The number of benzene rings is 1. The lowest BCUT2D eigenvalue weighted by Gasteiger charge is -2.15. The first-order chi connectivity index (χ1) is 9.38. The number of rotatable bonds is 7. The minimum Gasteiger partial charge on any atom is -0.481 e. The van der Waals surface area contributed by atoms with Crippen LogP contribution < -0.4 is 5.32 Å². The van der Waals surface area contributed by atoms with Gasteiger partial charge in [-0.1, -0.05) is 26.0 Å². The van der Waals surface area contributed by atoms with Crippen molar-refractivity contribution in [3.8, 4) is 0 Å². The molecular weight excluding hydrogens is 292 g/mol. The van der Waals surface area contributed by atoms with Crippen LogP contribution in [0.4, 0.5) is 5.69 Å². The summed E-state index contributed by atoms with van der Waals surface area (Å²) in [5.74, 6) is -0.543. The van der Waals surface area contributed by atoms with Gasteiger partial charge in [-0.2, -0.15) is 0 Å². The molecule has 0 aliphatic rings. The molecule has 2 N–H and O–H groups in total. The third kappa shape index (κ3) is 7.68. The molecule has 1 aromatic carbocycles. The maximum absolute atomic E-state index is 11.8. The number of carboxylic acid groups (broad SMARTS) is 1. The Hall–Kier alpha value is -1.59. The van der Waals surface area contributed by atoms with Crippen molar-refractivity contribution in [2.24, 2.45) is 0 Å². The molecule has 0 bridgehead atoms. The van der Waals surface area contributed by atoms with Gasteiger partial charge in [0.2, 0.25) is 5.91 Å². The van der Waals surface area contributed by atoms with Crippen molar-refractivity contribution in [2.75, 3.05) is 25.5 Å². The molecule has 0 radical (unpaired) electrons. The number of aliphatic carboxylic acids is 1. The summed E-state index contributed by atoms with van der Waals surface area (Å²) in [4.78, 5) is 23.9. The van der Waals surface area contributed by atoms with E-state index in [9.17, 15) is 9.59 Å². The summed E-state index contributed by atoms with van der Waals surface area (Å²) >= 11 is 0. The molecule has 0 saturated carbocycles. The lowest BCUT2D eigenvalue weighted by molar-refractivity contribution is -0.137. The predicted molar refractivity (Wildman–Crippen MR) is 86.2 cm³/mol. The van der Waals surface area contributed by atoms with Gasteiger partial charge in [-0.15, -0.1) is 12.4 Å². The number of carboxylic acids is 1. The van der Waals surface area contributed by atoms with Crippen LogP contribution in [-0.4, -0.2) is 42.0 Å². The van der Waals surface area contributed by atoms with Crippen LogP contribution in [0.3, 0.4) is 0 Å². The summed E-state index contributed by atoms with van der Waals surface area (Å²) in [5, 5.41) is 11.4. The lowest BCUT2D eigenvalue weighted by Crippen LogP contribution is -2.31. The number of amides is 1. The van der Waals surface area contributed by atoms with Gasteiger partial charge in [-0.25, -0.2) is 0 Å². The number of likely N-dealkylation sites (N-methyl/N-ethyl adjacent to an activating group) is 1. The average Bonchev–Trinajstić information content (AvgIpc) is 2.36. The Morgan fingerprint density at radius 3 is 2.29 bits per heavy atom. The van der Waals surface area contributed by atoms with Gasteiger partial charge in [0.25, 0.3) is 0 Å². The molecule has 1 amide bonds. The largest absolute Gasteiger partial charge is 0.481 e. The molecule has 0 saturated heterocycles. The van der Waals surface area contributed by atoms with E-state index in [2.05, 4.69) is 19.2 Å². The van der Waals surface area contributed by atoms with Crippen LogP contribution in [0.2, 0.25) is 0 Å². The Morgan fingerprint density at radius 1 is 1.24 bits per heavy atom. The summed E-state index contributed by atoms with van der Waals surface area (Å²) in [6.07, 6.45) is 0.0346. The molecular formula is C15H23ClN2O3. The third-order valence-corrected chi connectivity index (χ3v) is 2.98. The minimum atomic E-state index is -0.860. The van der Waals surface area contributed by atoms with Crippen molar-refractivity contribution in [1.29, 1.82) is 0 Å². The van der Waals surface area contributed by atoms with Crippen molar-refractivity contribution in [2.45, 2.75) is 26.2 Å². The van der Waals surface area contributed by atoms with Gasteiger partial charge in [0.1, 0.15) is 0 Å². The SMILES string of the molecule is CC(C)c1ccc(NC(=O)CN(C)CCC(=O)O)cc1.Cl. The lowest BCUT2D eigenvalue weighted by atomic mass is 10.0. The van der Waals surface area contributed by atoms with Gasteiger partial charge in [0.15, 0.2) is 0 Å². The maximum Gasteiger partial charge on any atom is 0.304 e. The van der Waals surface area contributed by atoms with E-state index in [4.69, 9.17) is 5.11 Å². The van der Waals surface area contributed by atoms with E-state index in [1.807, 2.05) is 24.3 Å². The fourth-order valence-electron chi connectivity index (χ4n) is 1.76. The van der Waals surface area contributed by atoms with Crippen LogP contribution >= 0.6 is 12.4 Å². The number of nitrogens with one attached hydrogen (secondary N) is 1. The highest BCUT2D eigenvalue weighted by molar-refractivity contribution is 5.92. The Balaban J connectivity index is 0.00000400. The normalized spacial score (nSPS) is 10.3. The summed E-state index contributed by atoms with van der Waals surface area (Å²) in [6.45, 7) is 4.77. The number of carbonyl (C=O) groups excluding carboxylic acids is 1. The first kappa shape index (κ1) is 19.4. The smallest absolute Gasteiger partial charge is 0.304 e. The van der Waals surface area contributed by atoms with Crippen LogP contribution in [0.1, 0.15) is 31.7 Å². The van der Waals surface area contributed by atoms with Crippen molar-refractivity contribution in [3.05, 3.63) is 29.8 Å². The molecule has 5 nitrogen and oxygen atoms in total. The molecule has 0 aliphatic carbocycles. The van der Waals surface area contributed by atoms with Crippen LogP contribution in [0.5, 0.6) is 0 Å². The third-order valence-electron chi connectivity index (χ3n) is 2.98. The van der Waals surface area contributed by atoms with Crippen molar-refractivity contribution in [3.63, 3.8) is 0 Å². The molecule has 1 rings (SSSR count). The molecule has 0 aliphatic heterocycles. The highest BCUT2D eigenvalue weighted by Gasteiger charge is 2.08. The molecule has 6 heteroatoms. The van der Waals surface area contributed by atoms with E-state index in [0.717, 1.165) is 5.69 Å². The van der Waals surface area contributed by atoms with Crippen molar-refractivity contribution in [1.82, 2.24) is 4.90 Å². The van der Waals surface area contributed by atoms with Gasteiger partial charge in [-0.3, -0.25) is 14.5 Å². The minimum absolute atomic E-state index is 0. The van der Waals surface area contributed by atoms with Gasteiger partial charge in [0.05, 0.1) is 13.0 Å². The molecule has 21 heavy (non-hydrogen) atoms. The summed E-state index contributed by atoms with van der Waals surface area (Å²) in [7, 11) is 1.73. The first-order valence-electron chi connectivity index (χ1n) is 6.68. The van der Waals surface area contributed by atoms with E-state index in [0.29, 0.717) is 12.5 Å². The second-order valence-corrected chi connectivity index (χ2v) is 5.21. The number of hydrogen-bond donors (Lipinski definition) is 2. The molecule has 0 fully saturated rings. The molecule has 0 unspecified atom stereocenters. The van der Waals surface area contributed by atoms with Crippen molar-refractivity contribution < 1.29 is 14.7 Å². The zero-order valence-corrected chi connectivity index (χ0v) is 13.4. The van der Waals surface area contributed by atoms with Crippen molar-refractivity contribution >= 4 is 30.0 Å². The molecule has 118 valence electrons. The van der Waals surface area contributed by atoms with E-state index in [1.54, 1.807) is 11.9 Å². The van der Waals surface area contributed by atoms with Gasteiger partial charge in [-0.05, 0) is 30.7 Å². The predicted octanol–water partition coefficient (Wildman–Crippen LogP) is 2.58. The Morgan fingerprint density at radius 2 is 1.81 bits per heavy atom. The summed E-state index contributed by atoms with van der Waals surface area (Å²) in [6, 6.07) is 7.75. The van der Waals surface area contributed by atoms with E-state index >= 15 is 0 Å². The number of hydrogen-bond acceptors (Lipinski definition) is 3. The summed E-state index contributed by atoms with van der Waals surface area (Å²) < 4.78 is 0. The van der Waals surface area contributed by atoms with Crippen LogP contribution in [0, 0.1) is 0 Å². The number of halogens is 1. The standard InChI is InChI=1S/C15H22N2O3.ClH/c1-11(2)12-4-6-13(7-5-12)16-14(18)10-17(3)9-8-15(19)20;/h4-7,11H,8-10H2,1-3H3,(H,16,18)(H,19,20);1H. The number of nitrogens with zero attached hydrogens (tertiary/aromatic N) is 1. The summed E-state index contributed by atoms with van der Waals surface area (Å²) in [5.41, 5.74) is 1.98. The van der Waals surface area contributed by atoms with Crippen LogP contribution in [0.15, 0.2) is 24.3 Å². The van der Waals surface area contributed by atoms with Crippen LogP contribution in [0.25, 0.3) is 0 Å². The Bertz CT molecular complexity index is 460. The Labute approximate surface area is 131 Å². The number of carbonyl (C=O) groups is 2. The van der Waals surface area contributed by atoms with Gasteiger partial charge in [0, 0.05) is 12.2 Å². The van der Waals surface area contributed by atoms with E-state index in [1.165, 1.54) is 5.56 Å². The molecule has 0 atom stereocenters. The molecule has 1 aromatic rings. The second kappa shape index (κ2) is 9.37. The molecule has 0 heterocycles. The Kier molecular flexibility index (Phi) is 8.66. The van der Waals surface area contributed by atoms with E-state index in [-0.39, 0.29) is 31.3 Å². The number of anilines is 1. The van der Waals surface area contributed by atoms with Crippen LogP contribution in [-0.2, 0) is 9.59 Å². The van der Waals surface area contributed by atoms with Gasteiger partial charge < -0.3 is 10.4 Å². The highest BCUT2D eigenvalue weighted by Crippen LogP contribution is 2.16. The molecule has 0 spiro atoms. The zero-order valence-electron chi connectivity index (χ0n) is 12.6. The molecule has 0 aromatic heterocycles. The fourth-order valence-corrected chi connectivity index (χ4v) is 1.76. The fraction of sp³-hybridized carbons (Fsp3) is 0.467. The quantitative estimate of drug-likeness (QED) is 0.811. The zero-order chi connectivity index (χ0) is 15.1. The topological polar surface area (TPSA) is 69.6 Å². The monoisotopic (exact) mass is 314 g/mol.